The number of piperidine rings is 2. The highest BCUT2D eigenvalue weighted by atomic mass is 16.5. The van der Waals surface area contributed by atoms with Gasteiger partial charge in [-0.05, 0) is 37.9 Å². The fourth-order valence-corrected chi connectivity index (χ4v) is 4.62. The van der Waals surface area contributed by atoms with Gasteiger partial charge in [-0.1, -0.05) is 18.2 Å². The van der Waals surface area contributed by atoms with E-state index in [2.05, 4.69) is 17.0 Å². The summed E-state index contributed by atoms with van der Waals surface area (Å²) in [5, 5.41) is 1.17. The van der Waals surface area contributed by atoms with Gasteiger partial charge in [-0.2, -0.15) is 0 Å². The number of hydrogen-bond donors (Lipinski definition) is 0. The monoisotopic (exact) mass is 356 g/mol. The summed E-state index contributed by atoms with van der Waals surface area (Å²) < 4.78 is 11.2. The zero-order chi connectivity index (χ0) is 18.0. The summed E-state index contributed by atoms with van der Waals surface area (Å²) in [5.41, 5.74) is 1.19. The average Bonchev–Trinajstić information content (AvgIpc) is 3.05. The largest absolute Gasteiger partial charge is 0.460 e. The van der Waals surface area contributed by atoms with Gasteiger partial charge in [-0.3, -0.25) is 9.69 Å². The molecule has 1 amide bonds. The summed E-state index contributed by atoms with van der Waals surface area (Å²) in [5.74, 6) is 1.31. The molecule has 4 rings (SSSR count). The smallest absolute Gasteiger partial charge is 0.222 e. The van der Waals surface area contributed by atoms with E-state index in [-0.39, 0.29) is 11.3 Å². The Bertz CT molecular complexity index is 738. The number of rotatable bonds is 5. The first-order valence-corrected chi connectivity index (χ1v) is 9.64. The highest BCUT2D eigenvalue weighted by molar-refractivity contribution is 5.78. The van der Waals surface area contributed by atoms with E-state index >= 15 is 0 Å². The molecule has 2 fully saturated rings. The number of carbonyl (C=O) groups is 1. The van der Waals surface area contributed by atoms with E-state index in [1.54, 1.807) is 7.11 Å². The summed E-state index contributed by atoms with van der Waals surface area (Å²) in [7, 11) is 1.69. The van der Waals surface area contributed by atoms with Gasteiger partial charge in [0, 0.05) is 44.0 Å². The van der Waals surface area contributed by atoms with Crippen molar-refractivity contribution in [2.75, 3.05) is 39.9 Å². The highest BCUT2D eigenvalue weighted by Crippen LogP contribution is 2.39. The van der Waals surface area contributed by atoms with Crippen molar-refractivity contribution in [1.29, 1.82) is 0 Å². The Morgan fingerprint density at radius 3 is 2.96 bits per heavy atom. The molecule has 26 heavy (non-hydrogen) atoms. The van der Waals surface area contributed by atoms with Crippen LogP contribution in [0.3, 0.4) is 0 Å². The molecule has 1 aromatic heterocycles. The zero-order valence-electron chi connectivity index (χ0n) is 15.6. The number of fused-ring (bicyclic) bond motifs is 1. The van der Waals surface area contributed by atoms with Crippen LogP contribution >= 0.6 is 0 Å². The Labute approximate surface area is 154 Å². The summed E-state index contributed by atoms with van der Waals surface area (Å²) in [6, 6.07) is 10.3. The van der Waals surface area contributed by atoms with Crippen LogP contribution in [0.25, 0.3) is 11.0 Å². The maximum Gasteiger partial charge on any atom is 0.222 e. The summed E-state index contributed by atoms with van der Waals surface area (Å²) >= 11 is 0. The number of hydrogen-bond acceptors (Lipinski definition) is 4. The number of methoxy groups -OCH3 is 1. The molecule has 5 heteroatoms. The second-order valence-electron chi connectivity index (χ2n) is 7.87. The number of carbonyl (C=O) groups excluding carboxylic acids is 1. The molecule has 0 aliphatic carbocycles. The predicted molar refractivity (Wildman–Crippen MR) is 101 cm³/mol. The van der Waals surface area contributed by atoms with Crippen LogP contribution in [-0.2, 0) is 16.1 Å². The number of likely N-dealkylation sites (tertiary alicyclic amines) is 2. The summed E-state index contributed by atoms with van der Waals surface area (Å²) in [4.78, 5) is 16.8. The predicted octanol–water partition coefficient (Wildman–Crippen LogP) is 3.28. The molecule has 0 saturated carbocycles. The van der Waals surface area contributed by atoms with Crippen LogP contribution in [0.15, 0.2) is 34.7 Å². The molecular formula is C21H28N2O3. The number of nitrogens with zero attached hydrogens (tertiary/aromatic N) is 2. The third kappa shape index (κ3) is 3.64. The standard InChI is InChI=1S/C21H28N2O3/c1-25-12-11-23-16-21(9-7-20(23)24)8-4-10-22(15-21)14-18-13-17-5-2-3-6-19(17)26-18/h2-3,5-6,13H,4,7-12,14-16H2,1H3/t21-/m1/s1. The minimum Gasteiger partial charge on any atom is -0.460 e. The van der Waals surface area contributed by atoms with Crippen molar-refractivity contribution in [3.8, 4) is 0 Å². The fourth-order valence-electron chi connectivity index (χ4n) is 4.62. The van der Waals surface area contributed by atoms with E-state index in [1.165, 1.54) is 18.2 Å². The maximum atomic E-state index is 12.2. The number of ether oxygens (including phenoxy) is 1. The van der Waals surface area contributed by atoms with Gasteiger partial charge in [0.05, 0.1) is 13.2 Å². The van der Waals surface area contributed by atoms with E-state index in [4.69, 9.17) is 9.15 Å². The number of para-hydroxylation sites is 1. The molecule has 140 valence electrons. The highest BCUT2D eigenvalue weighted by Gasteiger charge is 2.41. The van der Waals surface area contributed by atoms with Gasteiger partial charge in [0.1, 0.15) is 11.3 Å². The van der Waals surface area contributed by atoms with Crippen LogP contribution in [0, 0.1) is 5.41 Å². The second-order valence-corrected chi connectivity index (χ2v) is 7.87. The van der Waals surface area contributed by atoms with E-state index in [1.807, 2.05) is 23.1 Å². The van der Waals surface area contributed by atoms with E-state index in [9.17, 15) is 4.79 Å². The van der Waals surface area contributed by atoms with Crippen LogP contribution in [0.4, 0.5) is 0 Å². The first kappa shape index (κ1) is 17.6. The van der Waals surface area contributed by atoms with E-state index < -0.39 is 0 Å². The molecule has 2 aliphatic rings. The third-order valence-electron chi connectivity index (χ3n) is 5.91. The van der Waals surface area contributed by atoms with Gasteiger partial charge < -0.3 is 14.1 Å². The molecular weight excluding hydrogens is 328 g/mol. The van der Waals surface area contributed by atoms with Gasteiger partial charge in [-0.15, -0.1) is 0 Å². The lowest BCUT2D eigenvalue weighted by atomic mass is 9.73. The molecule has 0 N–H and O–H groups in total. The van der Waals surface area contributed by atoms with Crippen molar-refractivity contribution >= 4 is 16.9 Å². The molecule has 0 bridgehead atoms. The van der Waals surface area contributed by atoms with Gasteiger partial charge >= 0.3 is 0 Å². The van der Waals surface area contributed by atoms with Crippen LogP contribution < -0.4 is 0 Å². The average molecular weight is 356 g/mol. The lowest BCUT2D eigenvalue weighted by Crippen LogP contribution is -2.54. The summed E-state index contributed by atoms with van der Waals surface area (Å²) in [6.45, 7) is 5.19. The Hall–Kier alpha value is -1.85. The minimum atomic E-state index is 0.228. The number of benzene rings is 1. The minimum absolute atomic E-state index is 0.228. The first-order chi connectivity index (χ1) is 12.7. The van der Waals surface area contributed by atoms with Crippen LogP contribution in [0.5, 0.6) is 0 Å². The Morgan fingerprint density at radius 1 is 1.23 bits per heavy atom. The SMILES string of the molecule is COCCN1C[C@]2(CCCN(Cc3cc4ccccc4o3)C2)CCC1=O. The lowest BCUT2D eigenvalue weighted by molar-refractivity contribution is -0.140. The van der Waals surface area contributed by atoms with Gasteiger partial charge in [0.2, 0.25) is 5.91 Å². The van der Waals surface area contributed by atoms with Crippen molar-refractivity contribution in [3.05, 3.63) is 36.1 Å². The maximum absolute atomic E-state index is 12.2. The van der Waals surface area contributed by atoms with Crippen molar-refractivity contribution < 1.29 is 13.9 Å². The fraction of sp³-hybridized carbons (Fsp3) is 0.571. The molecule has 3 heterocycles. The number of furan rings is 1. The first-order valence-electron chi connectivity index (χ1n) is 9.64. The molecule has 1 spiro atoms. The van der Waals surface area contributed by atoms with Crippen LogP contribution in [-0.4, -0.2) is 55.6 Å². The second kappa shape index (κ2) is 7.41. The normalized spacial score (nSPS) is 24.7. The molecule has 2 aliphatic heterocycles. The van der Waals surface area contributed by atoms with Gasteiger partial charge in [0.25, 0.3) is 0 Å². The van der Waals surface area contributed by atoms with Crippen LogP contribution in [0.1, 0.15) is 31.4 Å². The zero-order valence-corrected chi connectivity index (χ0v) is 15.6. The Morgan fingerprint density at radius 2 is 2.12 bits per heavy atom. The molecule has 1 aromatic carbocycles. The van der Waals surface area contributed by atoms with Gasteiger partial charge in [0.15, 0.2) is 0 Å². The van der Waals surface area contributed by atoms with Crippen molar-refractivity contribution in [3.63, 3.8) is 0 Å². The van der Waals surface area contributed by atoms with Gasteiger partial charge in [-0.25, -0.2) is 0 Å². The molecule has 2 saturated heterocycles. The molecule has 0 radical (unpaired) electrons. The van der Waals surface area contributed by atoms with Crippen molar-refractivity contribution in [1.82, 2.24) is 9.80 Å². The van der Waals surface area contributed by atoms with Crippen molar-refractivity contribution in [2.45, 2.75) is 32.2 Å². The molecule has 1 atom stereocenters. The van der Waals surface area contributed by atoms with Crippen molar-refractivity contribution in [2.24, 2.45) is 5.41 Å². The molecule has 2 aromatic rings. The third-order valence-corrected chi connectivity index (χ3v) is 5.91. The Balaban J connectivity index is 1.44. The van der Waals surface area contributed by atoms with E-state index in [0.29, 0.717) is 19.6 Å². The molecule has 5 nitrogen and oxygen atoms in total. The van der Waals surface area contributed by atoms with E-state index in [0.717, 1.165) is 43.9 Å². The Kier molecular flexibility index (Phi) is 5.00. The quantitative estimate of drug-likeness (QED) is 0.825. The number of amides is 1. The topological polar surface area (TPSA) is 45.9 Å². The molecule has 0 unspecified atom stereocenters. The summed E-state index contributed by atoms with van der Waals surface area (Å²) in [6.07, 6.45) is 4.07. The lowest BCUT2D eigenvalue weighted by Gasteiger charge is -2.48. The van der Waals surface area contributed by atoms with Crippen LogP contribution in [0.2, 0.25) is 0 Å².